The summed E-state index contributed by atoms with van der Waals surface area (Å²) in [4.78, 5) is 12.3. The van der Waals surface area contributed by atoms with Crippen molar-refractivity contribution in [2.45, 2.75) is 13.5 Å². The van der Waals surface area contributed by atoms with Gasteiger partial charge < -0.3 is 4.74 Å². The molecule has 31 heavy (non-hydrogen) atoms. The number of hydrazone groups is 1. The second-order valence-electron chi connectivity index (χ2n) is 7.08. The summed E-state index contributed by atoms with van der Waals surface area (Å²) in [6.07, 6.45) is 1.60. The van der Waals surface area contributed by atoms with Gasteiger partial charge in [0, 0.05) is 5.56 Å². The number of nitrogens with zero attached hydrogens (tertiary/aromatic N) is 2. The first kappa shape index (κ1) is 20.1. The van der Waals surface area contributed by atoms with Gasteiger partial charge in [-0.3, -0.25) is 9.89 Å². The minimum atomic E-state index is -0.357. The van der Waals surface area contributed by atoms with E-state index in [0.29, 0.717) is 18.0 Å². The number of ether oxygens (including phenoxy) is 1. The highest BCUT2D eigenvalue weighted by Crippen LogP contribution is 2.22. The van der Waals surface area contributed by atoms with E-state index in [-0.39, 0.29) is 5.91 Å². The molecule has 0 spiro atoms. The lowest BCUT2D eigenvalue weighted by atomic mass is 10.1. The molecule has 1 heterocycles. The van der Waals surface area contributed by atoms with Crippen molar-refractivity contribution in [2.75, 3.05) is 0 Å². The van der Waals surface area contributed by atoms with Gasteiger partial charge in [-0.15, -0.1) is 0 Å². The third-order valence-corrected chi connectivity index (χ3v) is 4.68. The van der Waals surface area contributed by atoms with E-state index in [1.165, 1.54) is 5.56 Å². The molecule has 0 atom stereocenters. The molecule has 0 saturated carbocycles. The van der Waals surface area contributed by atoms with E-state index in [4.69, 9.17) is 4.74 Å². The fourth-order valence-corrected chi connectivity index (χ4v) is 2.93. The number of nitrogens with one attached hydrogen (secondary N) is 2. The molecule has 0 saturated heterocycles. The van der Waals surface area contributed by atoms with Crippen LogP contribution in [0, 0.1) is 6.92 Å². The van der Waals surface area contributed by atoms with Gasteiger partial charge in [0.2, 0.25) is 0 Å². The van der Waals surface area contributed by atoms with E-state index in [9.17, 15) is 4.79 Å². The van der Waals surface area contributed by atoms with Crippen LogP contribution in [0.4, 0.5) is 0 Å². The summed E-state index contributed by atoms with van der Waals surface area (Å²) in [6.45, 7) is 2.53. The molecule has 2 N–H and O–H groups in total. The number of carbonyl (C=O) groups is 1. The molecule has 0 aliphatic heterocycles. The van der Waals surface area contributed by atoms with Crippen LogP contribution in [-0.4, -0.2) is 22.3 Å². The Bertz CT molecular complexity index is 1160. The van der Waals surface area contributed by atoms with Gasteiger partial charge in [-0.05, 0) is 48.4 Å². The molecule has 154 valence electrons. The van der Waals surface area contributed by atoms with Crippen LogP contribution in [-0.2, 0) is 6.61 Å². The summed E-state index contributed by atoms with van der Waals surface area (Å²) >= 11 is 0. The van der Waals surface area contributed by atoms with Gasteiger partial charge in [0.15, 0.2) is 0 Å². The van der Waals surface area contributed by atoms with Crippen molar-refractivity contribution in [3.63, 3.8) is 0 Å². The number of hydrogen-bond acceptors (Lipinski definition) is 4. The fourth-order valence-electron chi connectivity index (χ4n) is 2.93. The molecular weight excluding hydrogens is 388 g/mol. The standard InChI is InChI=1S/C25H22N4O2/c1-18-7-9-19(10-8-18)16-26-29-25(30)24-15-23(27-28-24)21-11-13-22(14-12-21)31-17-20-5-3-2-4-6-20/h2-16H,17H2,1H3,(H,27,28)(H,29,30). The summed E-state index contributed by atoms with van der Waals surface area (Å²) < 4.78 is 5.81. The van der Waals surface area contributed by atoms with Crippen LogP contribution < -0.4 is 10.2 Å². The molecule has 0 aliphatic rings. The number of aryl methyl sites for hydroxylation is 1. The predicted octanol–water partition coefficient (Wildman–Crippen LogP) is 4.73. The number of rotatable bonds is 7. The molecule has 3 aromatic carbocycles. The highest BCUT2D eigenvalue weighted by molar-refractivity contribution is 5.94. The minimum Gasteiger partial charge on any atom is -0.489 e. The smallest absolute Gasteiger partial charge is 0.289 e. The molecule has 0 unspecified atom stereocenters. The van der Waals surface area contributed by atoms with Crippen molar-refractivity contribution in [1.29, 1.82) is 0 Å². The van der Waals surface area contributed by atoms with Gasteiger partial charge in [0.25, 0.3) is 5.91 Å². The topological polar surface area (TPSA) is 79.4 Å². The van der Waals surface area contributed by atoms with E-state index in [1.54, 1.807) is 12.3 Å². The van der Waals surface area contributed by atoms with Gasteiger partial charge in [-0.25, -0.2) is 5.43 Å². The van der Waals surface area contributed by atoms with Crippen LogP contribution >= 0.6 is 0 Å². The monoisotopic (exact) mass is 410 g/mol. The lowest BCUT2D eigenvalue weighted by Gasteiger charge is -2.06. The first-order chi connectivity index (χ1) is 15.2. The predicted molar refractivity (Wildman–Crippen MR) is 121 cm³/mol. The van der Waals surface area contributed by atoms with Gasteiger partial charge in [-0.2, -0.15) is 10.2 Å². The van der Waals surface area contributed by atoms with Crippen molar-refractivity contribution in [1.82, 2.24) is 15.6 Å². The number of hydrogen-bond donors (Lipinski definition) is 2. The molecule has 0 bridgehead atoms. The van der Waals surface area contributed by atoms with Crippen molar-refractivity contribution in [3.8, 4) is 17.0 Å². The van der Waals surface area contributed by atoms with Crippen molar-refractivity contribution < 1.29 is 9.53 Å². The Hall–Kier alpha value is -4.19. The average molecular weight is 410 g/mol. The third-order valence-electron chi connectivity index (χ3n) is 4.68. The number of aromatic amines is 1. The average Bonchev–Trinajstić information content (AvgIpc) is 3.30. The SMILES string of the molecule is Cc1ccc(C=NNC(=O)c2cc(-c3ccc(OCc4ccccc4)cc3)n[nH]2)cc1. The molecule has 6 nitrogen and oxygen atoms in total. The Balaban J connectivity index is 1.34. The molecule has 6 heteroatoms. The summed E-state index contributed by atoms with van der Waals surface area (Å²) in [5.41, 5.74) is 7.58. The first-order valence-electron chi connectivity index (χ1n) is 9.90. The van der Waals surface area contributed by atoms with Crippen molar-refractivity contribution in [3.05, 3.63) is 107 Å². The van der Waals surface area contributed by atoms with Gasteiger partial charge in [0.05, 0.1) is 11.9 Å². The number of carbonyl (C=O) groups excluding carboxylic acids is 1. The molecule has 4 aromatic rings. The normalized spacial score (nSPS) is 10.9. The molecule has 1 aromatic heterocycles. The first-order valence-corrected chi connectivity index (χ1v) is 9.90. The molecule has 0 aliphatic carbocycles. The van der Waals surface area contributed by atoms with Crippen LogP contribution in [0.15, 0.2) is 90.0 Å². The van der Waals surface area contributed by atoms with Crippen LogP contribution in [0.25, 0.3) is 11.3 Å². The zero-order chi connectivity index (χ0) is 21.5. The van der Waals surface area contributed by atoms with E-state index in [2.05, 4.69) is 20.7 Å². The maximum atomic E-state index is 12.3. The van der Waals surface area contributed by atoms with Crippen LogP contribution in [0.3, 0.4) is 0 Å². The largest absolute Gasteiger partial charge is 0.489 e. The maximum Gasteiger partial charge on any atom is 0.289 e. The Kier molecular flexibility index (Phi) is 6.18. The minimum absolute atomic E-state index is 0.334. The van der Waals surface area contributed by atoms with Gasteiger partial charge in [0.1, 0.15) is 18.1 Å². The highest BCUT2D eigenvalue weighted by Gasteiger charge is 2.10. The van der Waals surface area contributed by atoms with E-state index in [1.807, 2.05) is 85.8 Å². The molecule has 1 amide bonds. The summed E-state index contributed by atoms with van der Waals surface area (Å²) in [6, 6.07) is 27.1. The molecular formula is C25H22N4O2. The maximum absolute atomic E-state index is 12.3. The number of amides is 1. The molecule has 4 rings (SSSR count). The summed E-state index contributed by atoms with van der Waals surface area (Å²) in [5, 5.41) is 11.0. The Morgan fingerprint density at radius 1 is 1.03 bits per heavy atom. The zero-order valence-electron chi connectivity index (χ0n) is 17.1. The molecule has 0 radical (unpaired) electrons. The lowest BCUT2D eigenvalue weighted by Crippen LogP contribution is -2.17. The van der Waals surface area contributed by atoms with Crippen LogP contribution in [0.5, 0.6) is 5.75 Å². The number of H-pyrrole nitrogens is 1. The van der Waals surface area contributed by atoms with Crippen molar-refractivity contribution in [2.24, 2.45) is 5.10 Å². The van der Waals surface area contributed by atoms with Gasteiger partial charge in [-0.1, -0.05) is 60.2 Å². The fraction of sp³-hybridized carbons (Fsp3) is 0.0800. The second-order valence-corrected chi connectivity index (χ2v) is 7.08. The Labute approximate surface area is 180 Å². The Morgan fingerprint density at radius 2 is 1.77 bits per heavy atom. The van der Waals surface area contributed by atoms with Gasteiger partial charge >= 0.3 is 0 Å². The highest BCUT2D eigenvalue weighted by atomic mass is 16.5. The van der Waals surface area contributed by atoms with E-state index >= 15 is 0 Å². The van der Waals surface area contributed by atoms with Crippen molar-refractivity contribution >= 4 is 12.1 Å². The third kappa shape index (κ3) is 5.45. The number of aromatic nitrogens is 2. The van der Waals surface area contributed by atoms with Crippen LogP contribution in [0.2, 0.25) is 0 Å². The van der Waals surface area contributed by atoms with Crippen LogP contribution in [0.1, 0.15) is 27.2 Å². The number of benzene rings is 3. The summed E-state index contributed by atoms with van der Waals surface area (Å²) in [5.74, 6) is 0.413. The van der Waals surface area contributed by atoms with E-state index in [0.717, 1.165) is 22.4 Å². The second kappa shape index (κ2) is 9.54. The van der Waals surface area contributed by atoms with E-state index < -0.39 is 0 Å². The zero-order valence-corrected chi connectivity index (χ0v) is 17.1. The lowest BCUT2D eigenvalue weighted by molar-refractivity contribution is 0.0950. The Morgan fingerprint density at radius 3 is 2.52 bits per heavy atom. The summed E-state index contributed by atoms with van der Waals surface area (Å²) in [7, 11) is 0. The quantitative estimate of drug-likeness (QED) is 0.342. The molecule has 0 fully saturated rings.